The third-order valence-electron chi connectivity index (χ3n) is 2.73. The van der Waals surface area contributed by atoms with E-state index in [1.807, 2.05) is 18.2 Å². The standard InChI is InChI=1S/C13H15ClN4/c1-9(10-5-3-2-4-6-10)7-16-12-11(15)8-17-13(14)18-12/h2-6,8-9H,7,15H2,1H3,(H,16,17,18). The average molecular weight is 263 g/mol. The Balaban J connectivity index is 2.01. The molecule has 1 heterocycles. The number of nitrogens with zero attached hydrogens (tertiary/aromatic N) is 2. The van der Waals surface area contributed by atoms with Gasteiger partial charge in [-0.2, -0.15) is 4.98 Å². The minimum atomic E-state index is 0.194. The molecule has 0 spiro atoms. The Kier molecular flexibility index (Phi) is 3.99. The lowest BCUT2D eigenvalue weighted by molar-refractivity contribution is 0.801. The lowest BCUT2D eigenvalue weighted by Gasteiger charge is -2.14. The zero-order valence-corrected chi connectivity index (χ0v) is 10.9. The molecule has 94 valence electrons. The molecule has 1 unspecified atom stereocenters. The van der Waals surface area contributed by atoms with Crippen LogP contribution in [0.15, 0.2) is 36.5 Å². The van der Waals surface area contributed by atoms with Gasteiger partial charge < -0.3 is 11.1 Å². The van der Waals surface area contributed by atoms with Crippen molar-refractivity contribution in [3.05, 3.63) is 47.4 Å². The topological polar surface area (TPSA) is 63.8 Å². The highest BCUT2D eigenvalue weighted by Crippen LogP contribution is 2.19. The summed E-state index contributed by atoms with van der Waals surface area (Å²) >= 11 is 5.73. The van der Waals surface area contributed by atoms with Crippen LogP contribution in [0.5, 0.6) is 0 Å². The highest BCUT2D eigenvalue weighted by atomic mass is 35.5. The summed E-state index contributed by atoms with van der Waals surface area (Å²) in [7, 11) is 0. The Labute approximate surface area is 111 Å². The third-order valence-corrected chi connectivity index (χ3v) is 2.91. The summed E-state index contributed by atoms with van der Waals surface area (Å²) in [5.74, 6) is 0.942. The molecule has 0 bridgehead atoms. The molecule has 18 heavy (non-hydrogen) atoms. The molecule has 0 aliphatic heterocycles. The minimum absolute atomic E-state index is 0.194. The van der Waals surface area contributed by atoms with Crippen molar-refractivity contribution >= 4 is 23.1 Å². The van der Waals surface area contributed by atoms with Crippen LogP contribution in [0.3, 0.4) is 0 Å². The predicted molar refractivity (Wildman–Crippen MR) is 74.8 cm³/mol. The predicted octanol–water partition coefficient (Wildman–Crippen LogP) is 2.93. The largest absolute Gasteiger partial charge is 0.394 e. The van der Waals surface area contributed by atoms with Gasteiger partial charge in [-0.25, -0.2) is 4.98 Å². The van der Waals surface area contributed by atoms with E-state index in [4.69, 9.17) is 17.3 Å². The van der Waals surface area contributed by atoms with Gasteiger partial charge >= 0.3 is 0 Å². The van der Waals surface area contributed by atoms with Gasteiger partial charge in [0.15, 0.2) is 5.82 Å². The van der Waals surface area contributed by atoms with Crippen LogP contribution >= 0.6 is 11.6 Å². The van der Waals surface area contributed by atoms with Gasteiger partial charge in [-0.05, 0) is 23.1 Å². The Bertz CT molecular complexity index is 516. The first kappa shape index (κ1) is 12.6. The number of hydrogen-bond acceptors (Lipinski definition) is 4. The smallest absolute Gasteiger partial charge is 0.224 e. The fraction of sp³-hybridized carbons (Fsp3) is 0.231. The van der Waals surface area contributed by atoms with E-state index >= 15 is 0 Å². The molecule has 3 N–H and O–H groups in total. The van der Waals surface area contributed by atoms with Crippen molar-refractivity contribution in [3.63, 3.8) is 0 Å². The van der Waals surface area contributed by atoms with Crippen LogP contribution in [0.1, 0.15) is 18.4 Å². The first-order valence-electron chi connectivity index (χ1n) is 5.73. The molecule has 0 radical (unpaired) electrons. The van der Waals surface area contributed by atoms with Crippen molar-refractivity contribution in [2.75, 3.05) is 17.6 Å². The maximum atomic E-state index is 5.77. The zero-order chi connectivity index (χ0) is 13.0. The van der Waals surface area contributed by atoms with Gasteiger partial charge in [0.2, 0.25) is 5.28 Å². The van der Waals surface area contributed by atoms with Crippen LogP contribution in [0, 0.1) is 0 Å². The van der Waals surface area contributed by atoms with Crippen molar-refractivity contribution in [3.8, 4) is 0 Å². The van der Waals surface area contributed by atoms with Gasteiger partial charge in [0, 0.05) is 6.54 Å². The summed E-state index contributed by atoms with van der Waals surface area (Å²) in [6.45, 7) is 2.88. The zero-order valence-electron chi connectivity index (χ0n) is 10.1. The minimum Gasteiger partial charge on any atom is -0.394 e. The number of rotatable bonds is 4. The summed E-state index contributed by atoms with van der Waals surface area (Å²) in [5, 5.41) is 3.39. The lowest BCUT2D eigenvalue weighted by atomic mass is 10.0. The van der Waals surface area contributed by atoms with Gasteiger partial charge in [0.1, 0.15) is 0 Å². The molecular formula is C13H15ClN4. The molecule has 0 fully saturated rings. The second kappa shape index (κ2) is 5.69. The molecule has 0 aliphatic carbocycles. The van der Waals surface area contributed by atoms with Crippen molar-refractivity contribution in [1.29, 1.82) is 0 Å². The molecule has 0 amide bonds. The molecule has 0 saturated carbocycles. The van der Waals surface area contributed by atoms with E-state index in [1.54, 1.807) is 0 Å². The number of anilines is 2. The van der Waals surface area contributed by atoms with Gasteiger partial charge in [-0.15, -0.1) is 0 Å². The Hall–Kier alpha value is -1.81. The number of hydrogen-bond donors (Lipinski definition) is 2. The summed E-state index contributed by atoms with van der Waals surface area (Å²) in [4.78, 5) is 7.87. The number of nitrogen functional groups attached to an aromatic ring is 1. The summed E-state index contributed by atoms with van der Waals surface area (Å²) in [6, 6.07) is 10.3. The van der Waals surface area contributed by atoms with E-state index in [-0.39, 0.29) is 5.28 Å². The average Bonchev–Trinajstić information content (AvgIpc) is 2.40. The van der Waals surface area contributed by atoms with E-state index < -0.39 is 0 Å². The van der Waals surface area contributed by atoms with Gasteiger partial charge in [0.25, 0.3) is 0 Å². The van der Waals surface area contributed by atoms with Gasteiger partial charge in [-0.3, -0.25) is 0 Å². The van der Waals surface area contributed by atoms with E-state index in [9.17, 15) is 0 Å². The monoisotopic (exact) mass is 262 g/mol. The molecule has 0 saturated heterocycles. The second-order valence-electron chi connectivity index (χ2n) is 4.14. The molecular weight excluding hydrogens is 248 g/mol. The quantitative estimate of drug-likeness (QED) is 0.832. The molecule has 5 heteroatoms. The SMILES string of the molecule is CC(CNc1nc(Cl)ncc1N)c1ccccc1. The van der Waals surface area contributed by atoms with Crippen LogP contribution in [-0.4, -0.2) is 16.5 Å². The number of halogens is 1. The van der Waals surface area contributed by atoms with Crippen LogP contribution in [-0.2, 0) is 0 Å². The second-order valence-corrected chi connectivity index (χ2v) is 4.47. The van der Waals surface area contributed by atoms with Crippen molar-refractivity contribution in [2.24, 2.45) is 0 Å². The van der Waals surface area contributed by atoms with Crippen LogP contribution in [0.4, 0.5) is 11.5 Å². The molecule has 1 aromatic heterocycles. The van der Waals surface area contributed by atoms with Crippen molar-refractivity contribution in [1.82, 2.24) is 9.97 Å². The highest BCUT2D eigenvalue weighted by Gasteiger charge is 2.07. The van der Waals surface area contributed by atoms with Gasteiger partial charge in [0.05, 0.1) is 11.9 Å². The van der Waals surface area contributed by atoms with Crippen LogP contribution < -0.4 is 11.1 Å². The molecule has 4 nitrogen and oxygen atoms in total. The Morgan fingerprint density at radius 1 is 1.33 bits per heavy atom. The third kappa shape index (κ3) is 3.11. The fourth-order valence-corrected chi connectivity index (χ4v) is 1.79. The maximum absolute atomic E-state index is 5.77. The fourth-order valence-electron chi connectivity index (χ4n) is 1.66. The van der Waals surface area contributed by atoms with E-state index in [0.29, 0.717) is 17.4 Å². The van der Waals surface area contributed by atoms with Crippen molar-refractivity contribution < 1.29 is 0 Å². The number of benzene rings is 1. The van der Waals surface area contributed by atoms with Crippen molar-refractivity contribution in [2.45, 2.75) is 12.8 Å². The van der Waals surface area contributed by atoms with Crippen LogP contribution in [0.25, 0.3) is 0 Å². The maximum Gasteiger partial charge on any atom is 0.224 e. The Morgan fingerprint density at radius 3 is 2.78 bits per heavy atom. The Morgan fingerprint density at radius 2 is 2.06 bits per heavy atom. The highest BCUT2D eigenvalue weighted by molar-refractivity contribution is 6.28. The molecule has 0 aliphatic rings. The summed E-state index contributed by atoms with van der Waals surface area (Å²) in [5.41, 5.74) is 7.54. The van der Waals surface area contributed by atoms with E-state index in [0.717, 1.165) is 6.54 Å². The van der Waals surface area contributed by atoms with E-state index in [2.05, 4.69) is 34.3 Å². The van der Waals surface area contributed by atoms with Gasteiger partial charge in [-0.1, -0.05) is 37.3 Å². The normalized spacial score (nSPS) is 12.1. The molecule has 2 rings (SSSR count). The molecule has 2 aromatic rings. The number of nitrogens with one attached hydrogen (secondary N) is 1. The molecule has 1 atom stereocenters. The first-order chi connectivity index (χ1) is 8.66. The molecule has 1 aromatic carbocycles. The summed E-state index contributed by atoms with van der Waals surface area (Å²) in [6.07, 6.45) is 1.50. The van der Waals surface area contributed by atoms with E-state index in [1.165, 1.54) is 11.8 Å². The van der Waals surface area contributed by atoms with Crippen LogP contribution in [0.2, 0.25) is 5.28 Å². The summed E-state index contributed by atoms with van der Waals surface area (Å²) < 4.78 is 0. The lowest BCUT2D eigenvalue weighted by Crippen LogP contribution is -2.12. The first-order valence-corrected chi connectivity index (χ1v) is 6.11. The number of aromatic nitrogens is 2. The number of nitrogens with two attached hydrogens (primary N) is 1.